The summed E-state index contributed by atoms with van der Waals surface area (Å²) in [6.07, 6.45) is -1.68. The van der Waals surface area contributed by atoms with Gasteiger partial charge < -0.3 is 10.5 Å². The second kappa shape index (κ2) is 6.93. The van der Waals surface area contributed by atoms with Gasteiger partial charge in [-0.2, -0.15) is 28.8 Å². The molecule has 2 heterocycles. The summed E-state index contributed by atoms with van der Waals surface area (Å²) in [6.45, 7) is 0. The fraction of sp³-hybridized carbons (Fsp3) is 0.111. The fourth-order valence-corrected chi connectivity index (χ4v) is 2.62. The van der Waals surface area contributed by atoms with E-state index in [0.717, 1.165) is 12.1 Å². The molecule has 2 N–H and O–H groups in total. The Kier molecular flexibility index (Phi) is 4.64. The quantitative estimate of drug-likeness (QED) is 0.741. The van der Waals surface area contributed by atoms with Gasteiger partial charge in [0.15, 0.2) is 11.6 Å². The largest absolute Gasteiger partial charge is 0.493 e. The lowest BCUT2D eigenvalue weighted by Gasteiger charge is -2.14. The second-order valence-electron chi connectivity index (χ2n) is 5.57. The molecule has 2 aromatic heterocycles. The number of alkyl halides is 3. The summed E-state index contributed by atoms with van der Waals surface area (Å²) < 4.78 is 44.8. The SMILES string of the molecule is COc1cnn(-c2nc(N)c(C#N)c(-c3ccc(C(F)(F)F)cc3)c2C#N)c1. The maximum absolute atomic E-state index is 12.8. The summed E-state index contributed by atoms with van der Waals surface area (Å²) in [5.74, 6) is 0.239. The van der Waals surface area contributed by atoms with Crippen molar-refractivity contribution in [2.24, 2.45) is 0 Å². The van der Waals surface area contributed by atoms with Gasteiger partial charge in [-0.1, -0.05) is 12.1 Å². The molecule has 28 heavy (non-hydrogen) atoms. The van der Waals surface area contributed by atoms with Crippen LogP contribution in [0.4, 0.5) is 19.0 Å². The number of methoxy groups -OCH3 is 1. The van der Waals surface area contributed by atoms with Crippen LogP contribution in [0.1, 0.15) is 16.7 Å². The van der Waals surface area contributed by atoms with Crippen molar-refractivity contribution in [3.63, 3.8) is 0 Å². The summed E-state index contributed by atoms with van der Waals surface area (Å²) >= 11 is 0. The zero-order valence-electron chi connectivity index (χ0n) is 14.3. The minimum Gasteiger partial charge on any atom is -0.493 e. The number of benzene rings is 1. The number of aromatic nitrogens is 3. The van der Waals surface area contributed by atoms with Crippen LogP contribution >= 0.6 is 0 Å². The molecule has 0 aliphatic rings. The molecular formula is C18H11F3N6O. The third-order valence-electron chi connectivity index (χ3n) is 3.94. The van der Waals surface area contributed by atoms with Crippen molar-refractivity contribution >= 4 is 5.82 Å². The van der Waals surface area contributed by atoms with Crippen LogP contribution in [0.2, 0.25) is 0 Å². The Hall–Kier alpha value is -4.05. The van der Waals surface area contributed by atoms with Gasteiger partial charge in [-0.3, -0.25) is 0 Å². The lowest BCUT2D eigenvalue weighted by atomic mass is 9.95. The first-order valence-electron chi connectivity index (χ1n) is 7.70. The molecular weight excluding hydrogens is 373 g/mol. The molecule has 0 radical (unpaired) electrons. The van der Waals surface area contributed by atoms with Crippen LogP contribution in [0.5, 0.6) is 5.75 Å². The molecule has 0 bridgehead atoms. The molecule has 0 saturated heterocycles. The number of nitrogen functional groups attached to an aromatic ring is 1. The number of rotatable bonds is 3. The van der Waals surface area contributed by atoms with Crippen molar-refractivity contribution in [1.82, 2.24) is 14.8 Å². The van der Waals surface area contributed by atoms with E-state index in [1.54, 1.807) is 0 Å². The number of nitriles is 2. The van der Waals surface area contributed by atoms with Gasteiger partial charge in [0.1, 0.15) is 29.1 Å². The van der Waals surface area contributed by atoms with Crippen molar-refractivity contribution < 1.29 is 17.9 Å². The molecule has 7 nitrogen and oxygen atoms in total. The number of pyridine rings is 1. The summed E-state index contributed by atoms with van der Waals surface area (Å²) in [5.41, 5.74) is 5.15. The highest BCUT2D eigenvalue weighted by Crippen LogP contribution is 2.36. The van der Waals surface area contributed by atoms with E-state index in [-0.39, 0.29) is 33.9 Å². The number of hydrogen-bond acceptors (Lipinski definition) is 6. The van der Waals surface area contributed by atoms with Gasteiger partial charge in [0.2, 0.25) is 0 Å². The molecule has 0 fully saturated rings. The van der Waals surface area contributed by atoms with Crippen molar-refractivity contribution in [1.29, 1.82) is 10.5 Å². The van der Waals surface area contributed by atoms with Crippen molar-refractivity contribution in [2.45, 2.75) is 6.18 Å². The van der Waals surface area contributed by atoms with Gasteiger partial charge in [0.05, 0.1) is 25.1 Å². The highest BCUT2D eigenvalue weighted by atomic mass is 19.4. The molecule has 10 heteroatoms. The third kappa shape index (κ3) is 3.19. The van der Waals surface area contributed by atoms with E-state index in [9.17, 15) is 23.7 Å². The monoisotopic (exact) mass is 384 g/mol. The standard InChI is InChI=1S/C18H11F3N6O/c1-28-12-8-25-27(9-12)17-14(7-23)15(13(6-22)16(24)26-17)10-2-4-11(5-3-10)18(19,20)21/h2-5,8-9H,1H3,(H2,24,26). The first-order chi connectivity index (χ1) is 13.3. The van der Waals surface area contributed by atoms with E-state index in [1.807, 2.05) is 12.1 Å². The number of nitrogens with zero attached hydrogens (tertiary/aromatic N) is 5. The van der Waals surface area contributed by atoms with E-state index < -0.39 is 11.7 Å². The second-order valence-corrected chi connectivity index (χ2v) is 5.57. The van der Waals surface area contributed by atoms with Crippen molar-refractivity contribution in [3.8, 4) is 34.8 Å². The van der Waals surface area contributed by atoms with Crippen LogP contribution < -0.4 is 10.5 Å². The highest BCUT2D eigenvalue weighted by Gasteiger charge is 2.30. The average molecular weight is 384 g/mol. The van der Waals surface area contributed by atoms with Crippen molar-refractivity contribution in [2.75, 3.05) is 12.8 Å². The number of nitrogens with two attached hydrogens (primary N) is 1. The Morgan fingerprint density at radius 1 is 1.11 bits per heavy atom. The van der Waals surface area contributed by atoms with Crippen LogP contribution in [0, 0.1) is 22.7 Å². The molecule has 3 rings (SSSR count). The van der Waals surface area contributed by atoms with Crippen LogP contribution in [0.25, 0.3) is 16.9 Å². The minimum atomic E-state index is -4.51. The minimum absolute atomic E-state index is 0.0252. The predicted octanol–water partition coefficient (Wildman–Crippen LogP) is 3.29. The lowest BCUT2D eigenvalue weighted by molar-refractivity contribution is -0.137. The van der Waals surface area contributed by atoms with E-state index in [0.29, 0.717) is 5.75 Å². The number of hydrogen-bond donors (Lipinski definition) is 1. The fourth-order valence-electron chi connectivity index (χ4n) is 2.62. The van der Waals surface area contributed by atoms with Gasteiger partial charge >= 0.3 is 6.18 Å². The summed E-state index contributed by atoms with van der Waals surface area (Å²) in [7, 11) is 1.43. The van der Waals surface area contributed by atoms with Gasteiger partial charge in [-0.15, -0.1) is 0 Å². The Morgan fingerprint density at radius 3 is 2.25 bits per heavy atom. The summed E-state index contributed by atoms with van der Waals surface area (Å²) in [4.78, 5) is 4.07. The summed E-state index contributed by atoms with van der Waals surface area (Å²) in [5, 5.41) is 23.2. The Balaban J connectivity index is 2.28. The molecule has 0 aliphatic heterocycles. The summed E-state index contributed by atoms with van der Waals surface area (Å²) in [6, 6.07) is 7.88. The van der Waals surface area contributed by atoms with Crippen LogP contribution in [-0.2, 0) is 6.18 Å². The molecule has 3 aromatic rings. The van der Waals surface area contributed by atoms with Gasteiger partial charge in [0, 0.05) is 5.56 Å². The third-order valence-corrected chi connectivity index (χ3v) is 3.94. The maximum Gasteiger partial charge on any atom is 0.416 e. The maximum atomic E-state index is 12.8. The van der Waals surface area contributed by atoms with E-state index in [2.05, 4.69) is 10.1 Å². The number of anilines is 1. The van der Waals surface area contributed by atoms with Crippen LogP contribution in [0.3, 0.4) is 0 Å². The lowest BCUT2D eigenvalue weighted by Crippen LogP contribution is -2.09. The van der Waals surface area contributed by atoms with E-state index in [4.69, 9.17) is 10.5 Å². The van der Waals surface area contributed by atoms with E-state index in [1.165, 1.54) is 36.3 Å². The highest BCUT2D eigenvalue weighted by molar-refractivity contribution is 5.83. The van der Waals surface area contributed by atoms with Crippen LogP contribution in [0.15, 0.2) is 36.7 Å². The predicted molar refractivity (Wildman–Crippen MR) is 92.2 cm³/mol. The van der Waals surface area contributed by atoms with Gasteiger partial charge in [0.25, 0.3) is 0 Å². The zero-order chi connectivity index (χ0) is 20.5. The van der Waals surface area contributed by atoms with Gasteiger partial charge in [-0.05, 0) is 17.7 Å². The molecule has 0 spiro atoms. The number of halogens is 3. The van der Waals surface area contributed by atoms with E-state index >= 15 is 0 Å². The smallest absolute Gasteiger partial charge is 0.416 e. The molecule has 0 atom stereocenters. The van der Waals surface area contributed by atoms with Crippen molar-refractivity contribution in [3.05, 3.63) is 53.3 Å². The molecule has 0 amide bonds. The molecule has 0 saturated carbocycles. The first kappa shape index (κ1) is 18.7. The Labute approximate surface area is 157 Å². The molecule has 140 valence electrons. The normalized spacial score (nSPS) is 10.9. The average Bonchev–Trinajstić information content (AvgIpc) is 3.15. The number of ether oxygens (including phenoxy) is 1. The van der Waals surface area contributed by atoms with Crippen LogP contribution in [-0.4, -0.2) is 21.9 Å². The zero-order valence-corrected chi connectivity index (χ0v) is 14.3. The van der Waals surface area contributed by atoms with Gasteiger partial charge in [-0.25, -0.2) is 9.67 Å². The Morgan fingerprint density at radius 2 is 1.75 bits per heavy atom. The molecule has 1 aromatic carbocycles. The molecule has 0 aliphatic carbocycles. The molecule has 0 unspecified atom stereocenters. The first-order valence-corrected chi connectivity index (χ1v) is 7.70. The Bertz CT molecular complexity index is 1120. The topological polar surface area (TPSA) is 114 Å².